The van der Waals surface area contributed by atoms with Gasteiger partial charge in [-0.1, -0.05) is 6.92 Å². The zero-order valence-corrected chi connectivity index (χ0v) is 46.9. The maximum Gasteiger partial charge on any atom is 1.00 e. The van der Waals surface area contributed by atoms with Crippen LogP contribution in [0, 0.1) is 0 Å². The molecule has 64 heavy (non-hydrogen) atoms. The molecule has 0 spiro atoms. The maximum absolute atomic E-state index is 11.8. The zero-order chi connectivity index (χ0) is 45.4. The van der Waals surface area contributed by atoms with Crippen LogP contribution in [0.1, 0.15) is 41.0 Å². The molecule has 5 N–H and O–H groups in total. The second-order valence-electron chi connectivity index (χ2n) is 13.8. The van der Waals surface area contributed by atoms with E-state index in [1.807, 2.05) is 0 Å². The van der Waals surface area contributed by atoms with Gasteiger partial charge in [-0.2, -0.15) is 0 Å². The van der Waals surface area contributed by atoms with Gasteiger partial charge in [0.05, 0.1) is 24.4 Å². The summed E-state index contributed by atoms with van der Waals surface area (Å²) < 4.78 is 201. The van der Waals surface area contributed by atoms with Crippen LogP contribution in [0.5, 0.6) is 0 Å². The third-order valence-corrected chi connectivity index (χ3v) is 11.1. The molecule has 0 aromatic heterocycles. The first kappa shape index (κ1) is 67.0. The molecule has 4 aliphatic heterocycles. The summed E-state index contributed by atoms with van der Waals surface area (Å²) in [7, 11) is -22.5. The van der Waals surface area contributed by atoms with E-state index in [0.717, 1.165) is 20.8 Å². The number of aliphatic hydroxyl groups excluding tert-OH is 5. The van der Waals surface area contributed by atoms with Crippen LogP contribution in [-0.4, -0.2) is 207 Å². The fourth-order valence-corrected chi connectivity index (χ4v) is 8.84. The summed E-state index contributed by atoms with van der Waals surface area (Å²) in [4.78, 5) is 0. The molecular formula is C27H44Na4O29S4. The molecule has 0 aliphatic carbocycles. The minimum Gasteiger partial charge on any atom is -0.726 e. The van der Waals surface area contributed by atoms with Gasteiger partial charge in [0.1, 0.15) is 73.2 Å². The minimum atomic E-state index is -5.72. The van der Waals surface area contributed by atoms with Crippen molar-refractivity contribution < 1.29 is 250 Å². The first-order chi connectivity index (χ1) is 27.4. The number of hydrogen-bond acceptors (Lipinski definition) is 29. The number of rotatable bonds is 17. The topological polar surface area (TPSA) is 441 Å². The van der Waals surface area contributed by atoms with E-state index in [9.17, 15) is 77.4 Å². The van der Waals surface area contributed by atoms with Gasteiger partial charge in [0.25, 0.3) is 0 Å². The molecular weight excluding hydrogens is 1010 g/mol. The average Bonchev–Trinajstić information content (AvgIpc) is 3.09. The van der Waals surface area contributed by atoms with E-state index in [1.165, 1.54) is 6.92 Å². The van der Waals surface area contributed by atoms with Gasteiger partial charge in [0.2, 0.25) is 41.6 Å². The van der Waals surface area contributed by atoms with E-state index in [4.69, 9.17) is 37.9 Å². The molecule has 0 radical (unpaired) electrons. The minimum absolute atomic E-state index is 0. The van der Waals surface area contributed by atoms with Gasteiger partial charge in [-0.3, -0.25) is 16.7 Å². The molecule has 0 unspecified atom stereocenters. The third-order valence-electron chi connectivity index (χ3n) is 9.30. The predicted molar refractivity (Wildman–Crippen MR) is 177 cm³/mol. The van der Waals surface area contributed by atoms with E-state index in [1.54, 1.807) is 6.92 Å². The zero-order valence-electron chi connectivity index (χ0n) is 35.6. The quantitative estimate of drug-likeness (QED) is 0.0513. The summed E-state index contributed by atoms with van der Waals surface area (Å²) in [6.45, 7) is 5.96. The van der Waals surface area contributed by atoms with Gasteiger partial charge < -0.3 is 81.6 Å². The predicted octanol–water partition coefficient (Wildman–Crippen LogP) is -18.3. The van der Waals surface area contributed by atoms with Crippen molar-refractivity contribution in [2.45, 2.75) is 164 Å². The fraction of sp³-hybridized carbons (Fsp3) is 1.00. The second-order valence-corrected chi connectivity index (χ2v) is 17.9. The number of aliphatic hydroxyl groups is 5. The average molecular weight is 1050 g/mol. The summed E-state index contributed by atoms with van der Waals surface area (Å²) in [5.41, 5.74) is 0. The molecule has 0 bridgehead atoms. The molecule has 29 nitrogen and oxygen atoms in total. The van der Waals surface area contributed by atoms with Gasteiger partial charge in [-0.25, -0.2) is 33.7 Å². The third kappa shape index (κ3) is 18.8. The molecule has 0 saturated carbocycles. The molecule has 4 saturated heterocycles. The van der Waals surface area contributed by atoms with Crippen LogP contribution in [-0.2, 0) is 96.2 Å². The van der Waals surface area contributed by atoms with E-state index < -0.39 is 164 Å². The van der Waals surface area contributed by atoms with Crippen LogP contribution in [0.3, 0.4) is 0 Å². The van der Waals surface area contributed by atoms with Gasteiger partial charge in [-0.15, -0.1) is 0 Å². The van der Waals surface area contributed by atoms with Crippen LogP contribution < -0.4 is 118 Å². The molecule has 37 heteroatoms. The Morgan fingerprint density at radius 2 is 0.656 bits per heavy atom. The van der Waals surface area contributed by atoms with Gasteiger partial charge in [0.15, 0.2) is 25.2 Å². The Bertz CT molecular complexity index is 1890. The van der Waals surface area contributed by atoms with Gasteiger partial charge in [-0.05, 0) is 34.1 Å². The van der Waals surface area contributed by atoms with E-state index in [-0.39, 0.29) is 125 Å². The van der Waals surface area contributed by atoms with Crippen LogP contribution in [0.15, 0.2) is 0 Å². The van der Waals surface area contributed by atoms with Crippen molar-refractivity contribution in [3.8, 4) is 0 Å². The van der Waals surface area contributed by atoms with E-state index >= 15 is 0 Å². The maximum atomic E-state index is 11.8. The Labute approximate surface area is 457 Å². The molecule has 4 aliphatic rings. The van der Waals surface area contributed by atoms with E-state index in [2.05, 4.69) is 16.7 Å². The van der Waals surface area contributed by atoms with Crippen LogP contribution in [0.4, 0.5) is 0 Å². The molecule has 0 aromatic carbocycles. The van der Waals surface area contributed by atoms with Gasteiger partial charge >= 0.3 is 118 Å². The first-order valence-electron chi connectivity index (χ1n) is 17.6. The molecule has 0 aromatic rings. The summed E-state index contributed by atoms with van der Waals surface area (Å²) >= 11 is 0. The van der Waals surface area contributed by atoms with Crippen molar-refractivity contribution in [3.63, 3.8) is 0 Å². The number of hydrogen-bond donors (Lipinski definition) is 5. The van der Waals surface area contributed by atoms with Crippen LogP contribution in [0.2, 0.25) is 0 Å². The summed E-state index contributed by atoms with van der Waals surface area (Å²) in [6.07, 6.45) is -40.7. The molecule has 0 amide bonds. The fourth-order valence-electron chi connectivity index (χ4n) is 6.69. The van der Waals surface area contributed by atoms with Crippen LogP contribution in [0.25, 0.3) is 0 Å². The molecule has 354 valence electrons. The van der Waals surface area contributed by atoms with Crippen molar-refractivity contribution in [2.75, 3.05) is 6.61 Å². The normalized spacial score (nSPS) is 41.0. The second kappa shape index (κ2) is 27.3. The SMILES string of the molecule is CCCO[C@@H]1O[C@@H](C)[C@@H](OS(=O)(=O)[O-])[C@@H](O[C@@H]2O[C@@H](C)[C@@H](OS(=O)(=O)[O-])[C@@H](O[C@@H]3O[C@@H](C)[C@@H](OS(=O)(=O)[O-])[C@@H](O[C@@H]4O[C@@H](C)[C@@H](OS(=O)(=O)[O-])[C@@H](O)[C@@H]4O)[C@@H]3O)[C@@H]2O)[C@@H]1O.[Na+].[Na+].[Na+].[Na+]. The molecule has 4 fully saturated rings. The Morgan fingerprint density at radius 1 is 0.406 bits per heavy atom. The van der Waals surface area contributed by atoms with E-state index in [0.29, 0.717) is 6.42 Å². The molecule has 4 heterocycles. The smallest absolute Gasteiger partial charge is 0.726 e. The Kier molecular flexibility index (Phi) is 28.6. The molecule has 4 rings (SSSR count). The summed E-state index contributed by atoms with van der Waals surface area (Å²) in [5, 5.41) is 55.4. The summed E-state index contributed by atoms with van der Waals surface area (Å²) in [6, 6.07) is 0. The Balaban J connectivity index is 0.00000992. The van der Waals surface area contributed by atoms with Crippen molar-refractivity contribution in [1.29, 1.82) is 0 Å². The van der Waals surface area contributed by atoms with Crippen molar-refractivity contribution in [3.05, 3.63) is 0 Å². The molecule has 20 atom stereocenters. The van der Waals surface area contributed by atoms with Gasteiger partial charge in [0, 0.05) is 6.61 Å². The Morgan fingerprint density at radius 3 is 0.953 bits per heavy atom. The number of ether oxygens (including phenoxy) is 8. The first-order valence-corrected chi connectivity index (χ1v) is 22.9. The van der Waals surface area contributed by atoms with Crippen molar-refractivity contribution >= 4 is 41.6 Å². The van der Waals surface area contributed by atoms with Crippen LogP contribution >= 0.6 is 0 Å². The largest absolute Gasteiger partial charge is 1.00 e. The monoisotopic (exact) mass is 1050 g/mol. The van der Waals surface area contributed by atoms with Crippen molar-refractivity contribution in [2.24, 2.45) is 0 Å². The Hall–Kier alpha value is 2.96. The van der Waals surface area contributed by atoms with Crippen molar-refractivity contribution in [1.82, 2.24) is 0 Å². The summed E-state index contributed by atoms with van der Waals surface area (Å²) in [5.74, 6) is 0. The standard InChI is InChI=1S/C27H48O29S4.4Na/c1-6-7-45-24-14(30)21(18(9(3)46-24)54-58(36,37)38)51-26-16(32)23(20(11(5)48-26)56-60(42,43)44)52-27-15(31)22(19(10(4)49-27)55-59(39,40)41)50-25-13(29)12(28)17(8(2)47-25)53-57(33,34)35;;;;/h8-32H,6-7H2,1-5H3,(H,33,34,35)(H,36,37,38)(H,39,40,41)(H,42,43,44);;;;/q;4*+1/p-4/t8-,9-,10-,11-,12-,13-,14-,15-,16-,17+,18+,19+,20+,21-,22-,23-,24+,25-,26-,27-;;;;/m0..../s1.